The maximum Gasteiger partial charge on any atom is 0.0994 e. The van der Waals surface area contributed by atoms with Gasteiger partial charge in [0, 0.05) is 18.8 Å². The summed E-state index contributed by atoms with van der Waals surface area (Å²) >= 11 is 2.10. The average molecular weight is 346 g/mol. The van der Waals surface area contributed by atoms with Crippen molar-refractivity contribution in [3.8, 4) is 0 Å². The van der Waals surface area contributed by atoms with Crippen LogP contribution in [0.25, 0.3) is 0 Å². The molecule has 0 aromatic rings. The fourth-order valence-electron chi connectivity index (χ4n) is 2.77. The van der Waals surface area contributed by atoms with Crippen molar-refractivity contribution in [1.29, 1.82) is 0 Å². The number of rotatable bonds is 18. The summed E-state index contributed by atoms with van der Waals surface area (Å²) in [6, 6.07) is 0. The van der Waals surface area contributed by atoms with Crippen LogP contribution in [0.1, 0.15) is 91.9 Å². The predicted octanol–water partition coefficient (Wildman–Crippen LogP) is 6.34. The van der Waals surface area contributed by atoms with Crippen molar-refractivity contribution in [1.82, 2.24) is 4.90 Å². The SMILES string of the molecule is CCCCCCSCC(CCCCC)OCN(CCC)CCC. The third-order valence-electron chi connectivity index (χ3n) is 4.15. The first kappa shape index (κ1) is 23.3. The summed E-state index contributed by atoms with van der Waals surface area (Å²) < 4.78 is 6.29. The van der Waals surface area contributed by atoms with Crippen LogP contribution >= 0.6 is 11.8 Å². The van der Waals surface area contributed by atoms with Gasteiger partial charge < -0.3 is 4.74 Å². The highest BCUT2D eigenvalue weighted by Gasteiger charge is 2.11. The zero-order valence-electron chi connectivity index (χ0n) is 16.4. The lowest BCUT2D eigenvalue weighted by Gasteiger charge is -2.25. The van der Waals surface area contributed by atoms with E-state index in [0.717, 1.165) is 6.73 Å². The van der Waals surface area contributed by atoms with Gasteiger partial charge in [-0.05, 0) is 31.4 Å². The third-order valence-corrected chi connectivity index (χ3v) is 5.33. The molecule has 0 aliphatic rings. The molecule has 0 saturated carbocycles. The van der Waals surface area contributed by atoms with Gasteiger partial charge in [-0.1, -0.05) is 66.2 Å². The van der Waals surface area contributed by atoms with E-state index < -0.39 is 0 Å². The summed E-state index contributed by atoms with van der Waals surface area (Å²) in [6.07, 6.45) is 13.6. The molecule has 1 unspecified atom stereocenters. The number of thioether (sulfide) groups is 1. The van der Waals surface area contributed by atoms with Crippen molar-refractivity contribution in [2.24, 2.45) is 0 Å². The lowest BCUT2D eigenvalue weighted by atomic mass is 10.1. The Morgan fingerprint density at radius 3 is 2.04 bits per heavy atom. The Labute approximate surface area is 151 Å². The molecule has 0 N–H and O–H groups in total. The Bertz CT molecular complexity index is 220. The van der Waals surface area contributed by atoms with E-state index in [-0.39, 0.29) is 0 Å². The monoisotopic (exact) mass is 345 g/mol. The van der Waals surface area contributed by atoms with Crippen molar-refractivity contribution in [2.45, 2.75) is 98.0 Å². The molecule has 0 heterocycles. The smallest absolute Gasteiger partial charge is 0.0994 e. The summed E-state index contributed by atoms with van der Waals surface area (Å²) in [5.74, 6) is 2.49. The maximum absolute atomic E-state index is 6.29. The minimum Gasteiger partial charge on any atom is -0.362 e. The molecule has 0 amide bonds. The van der Waals surface area contributed by atoms with Crippen LogP contribution in [0, 0.1) is 0 Å². The van der Waals surface area contributed by atoms with E-state index in [1.165, 1.54) is 88.8 Å². The Balaban J connectivity index is 4.00. The van der Waals surface area contributed by atoms with E-state index in [0.29, 0.717) is 6.10 Å². The fourth-order valence-corrected chi connectivity index (χ4v) is 3.87. The quantitative estimate of drug-likeness (QED) is 0.212. The maximum atomic E-state index is 6.29. The molecule has 0 radical (unpaired) electrons. The van der Waals surface area contributed by atoms with Crippen molar-refractivity contribution >= 4 is 11.8 Å². The van der Waals surface area contributed by atoms with Gasteiger partial charge in [-0.2, -0.15) is 11.8 Å². The summed E-state index contributed by atoms with van der Waals surface area (Å²) in [5, 5.41) is 0. The normalized spacial score (nSPS) is 12.9. The summed E-state index contributed by atoms with van der Waals surface area (Å²) in [4.78, 5) is 2.47. The van der Waals surface area contributed by atoms with Crippen LogP contribution in [0.4, 0.5) is 0 Å². The number of hydrogen-bond donors (Lipinski definition) is 0. The molecule has 0 bridgehead atoms. The van der Waals surface area contributed by atoms with Crippen molar-refractivity contribution in [2.75, 3.05) is 31.3 Å². The zero-order valence-corrected chi connectivity index (χ0v) is 17.3. The molecule has 0 aliphatic heterocycles. The molecule has 0 aromatic heterocycles. The molecule has 23 heavy (non-hydrogen) atoms. The van der Waals surface area contributed by atoms with Crippen molar-refractivity contribution < 1.29 is 4.74 Å². The molecule has 3 heteroatoms. The average Bonchev–Trinajstić information content (AvgIpc) is 2.55. The van der Waals surface area contributed by atoms with E-state index in [1.54, 1.807) is 0 Å². The van der Waals surface area contributed by atoms with Gasteiger partial charge in [0.05, 0.1) is 12.8 Å². The number of ether oxygens (including phenoxy) is 1. The number of hydrogen-bond acceptors (Lipinski definition) is 3. The van der Waals surface area contributed by atoms with E-state index >= 15 is 0 Å². The highest BCUT2D eigenvalue weighted by Crippen LogP contribution is 2.16. The first-order chi connectivity index (χ1) is 11.3. The molecular formula is C20H43NOS. The lowest BCUT2D eigenvalue weighted by Crippen LogP contribution is -2.31. The van der Waals surface area contributed by atoms with Gasteiger partial charge in [-0.3, -0.25) is 4.90 Å². The molecule has 1 atom stereocenters. The van der Waals surface area contributed by atoms with Crippen LogP contribution in [0.15, 0.2) is 0 Å². The standard InChI is InChI=1S/C20H43NOS/c1-5-9-11-13-17-23-18-20(14-12-10-6-2)22-19-21(15-7-3)16-8-4/h20H,5-19H2,1-4H3. The van der Waals surface area contributed by atoms with Gasteiger partial charge in [0.25, 0.3) is 0 Å². The van der Waals surface area contributed by atoms with E-state index in [4.69, 9.17) is 4.74 Å². The van der Waals surface area contributed by atoms with Gasteiger partial charge >= 0.3 is 0 Å². The molecule has 0 aliphatic carbocycles. The summed E-state index contributed by atoms with van der Waals surface area (Å²) in [7, 11) is 0. The van der Waals surface area contributed by atoms with Gasteiger partial charge in [-0.15, -0.1) is 0 Å². The number of unbranched alkanes of at least 4 members (excludes halogenated alkanes) is 5. The van der Waals surface area contributed by atoms with Crippen LogP contribution in [0.3, 0.4) is 0 Å². The van der Waals surface area contributed by atoms with Gasteiger partial charge in [0.2, 0.25) is 0 Å². The molecule has 140 valence electrons. The Hall–Kier alpha value is 0.270. The first-order valence-corrected chi connectivity index (χ1v) is 11.4. The Morgan fingerprint density at radius 2 is 1.43 bits per heavy atom. The first-order valence-electron chi connectivity index (χ1n) is 10.2. The fraction of sp³-hybridized carbons (Fsp3) is 1.00. The van der Waals surface area contributed by atoms with Crippen LogP contribution in [0.2, 0.25) is 0 Å². The van der Waals surface area contributed by atoms with E-state index in [2.05, 4.69) is 44.4 Å². The highest BCUT2D eigenvalue weighted by molar-refractivity contribution is 7.99. The van der Waals surface area contributed by atoms with Gasteiger partial charge in [0.15, 0.2) is 0 Å². The lowest BCUT2D eigenvalue weighted by molar-refractivity contribution is -0.0164. The Morgan fingerprint density at radius 1 is 0.783 bits per heavy atom. The third kappa shape index (κ3) is 15.5. The molecule has 0 aromatic carbocycles. The molecule has 0 rings (SSSR count). The van der Waals surface area contributed by atoms with E-state index in [9.17, 15) is 0 Å². The minimum atomic E-state index is 0.453. The topological polar surface area (TPSA) is 12.5 Å². The molecule has 2 nitrogen and oxygen atoms in total. The van der Waals surface area contributed by atoms with Crippen molar-refractivity contribution in [3.63, 3.8) is 0 Å². The largest absolute Gasteiger partial charge is 0.362 e. The second-order valence-electron chi connectivity index (χ2n) is 6.67. The second kappa shape index (κ2) is 18.6. The zero-order chi connectivity index (χ0) is 17.2. The Kier molecular flexibility index (Phi) is 18.8. The van der Waals surface area contributed by atoms with Gasteiger partial charge in [0.1, 0.15) is 0 Å². The van der Waals surface area contributed by atoms with Gasteiger partial charge in [-0.25, -0.2) is 0 Å². The van der Waals surface area contributed by atoms with Crippen molar-refractivity contribution in [3.05, 3.63) is 0 Å². The molecular weight excluding hydrogens is 302 g/mol. The predicted molar refractivity (Wildman–Crippen MR) is 108 cm³/mol. The molecule has 0 saturated heterocycles. The second-order valence-corrected chi connectivity index (χ2v) is 7.82. The number of nitrogens with zero attached hydrogens (tertiary/aromatic N) is 1. The van der Waals surface area contributed by atoms with Crippen LogP contribution in [-0.2, 0) is 4.74 Å². The van der Waals surface area contributed by atoms with Crippen LogP contribution < -0.4 is 0 Å². The summed E-state index contributed by atoms with van der Waals surface area (Å²) in [5.41, 5.74) is 0. The van der Waals surface area contributed by atoms with E-state index in [1.807, 2.05) is 0 Å². The van der Waals surface area contributed by atoms with Crippen LogP contribution in [-0.4, -0.2) is 42.3 Å². The molecule has 0 spiro atoms. The highest BCUT2D eigenvalue weighted by atomic mass is 32.2. The minimum absolute atomic E-state index is 0.453. The molecule has 0 fully saturated rings. The van der Waals surface area contributed by atoms with Crippen LogP contribution in [0.5, 0.6) is 0 Å². The summed E-state index contributed by atoms with van der Waals surface area (Å²) in [6.45, 7) is 12.2.